The second kappa shape index (κ2) is 24.1. The fraction of sp³-hybridized carbons (Fsp3) is 0.918. The van der Waals surface area contributed by atoms with Crippen LogP contribution in [0.4, 0.5) is 0 Å². The van der Waals surface area contributed by atoms with E-state index in [4.69, 9.17) is 28.8 Å². The fourth-order valence-electron chi connectivity index (χ4n) is 14.8. The van der Waals surface area contributed by atoms with E-state index in [-0.39, 0.29) is 59.6 Å². The van der Waals surface area contributed by atoms with Crippen LogP contribution in [0.2, 0.25) is 0 Å². The molecule has 12 fully saturated rings. The highest BCUT2D eigenvalue weighted by molar-refractivity contribution is 5.83. The Balaban J connectivity index is 0.000000150. The Kier molecular flexibility index (Phi) is 19.6. The fourth-order valence-corrected chi connectivity index (χ4v) is 14.8. The Labute approximate surface area is 436 Å². The molecule has 11 saturated carbocycles. The third-order valence-electron chi connectivity index (χ3n) is 20.9. The van der Waals surface area contributed by atoms with Crippen molar-refractivity contribution in [2.45, 2.75) is 243 Å². The number of hydrogen-bond acceptors (Lipinski definition) is 11. The molecule has 0 aromatic carbocycles. The number of aliphatic hydroxyl groups is 1. The van der Waals surface area contributed by atoms with Crippen LogP contribution in [0.1, 0.15) is 225 Å². The van der Waals surface area contributed by atoms with Crippen molar-refractivity contribution in [1.82, 2.24) is 0 Å². The first-order valence-electron chi connectivity index (χ1n) is 29.4. The van der Waals surface area contributed by atoms with Gasteiger partial charge in [-0.1, -0.05) is 34.1 Å². The maximum Gasteiger partial charge on any atom is 0.347 e. The second-order valence-corrected chi connectivity index (χ2v) is 27.5. The molecule has 0 aromatic rings. The molecule has 10 bridgehead atoms. The molecule has 12 rings (SSSR count). The van der Waals surface area contributed by atoms with E-state index in [9.17, 15) is 24.0 Å². The number of carbonyl (C=O) groups excluding carboxylic acids is 5. The number of ether oxygens (including phenoxy) is 5. The summed E-state index contributed by atoms with van der Waals surface area (Å²) in [6.45, 7) is 25.8. The predicted molar refractivity (Wildman–Crippen MR) is 280 cm³/mol. The van der Waals surface area contributed by atoms with Crippen molar-refractivity contribution in [3.05, 3.63) is 0 Å². The summed E-state index contributed by atoms with van der Waals surface area (Å²) in [5.74, 6) is 10.3. The van der Waals surface area contributed by atoms with Crippen LogP contribution in [0.3, 0.4) is 0 Å². The van der Waals surface area contributed by atoms with Gasteiger partial charge in [0.25, 0.3) is 0 Å². The van der Waals surface area contributed by atoms with Crippen LogP contribution < -0.4 is 0 Å². The molecule has 11 heteroatoms. The average molecular weight is 1010 g/mol. The molecule has 11 nitrogen and oxygen atoms in total. The van der Waals surface area contributed by atoms with Crippen LogP contribution in [0.5, 0.6) is 0 Å². The molecule has 72 heavy (non-hydrogen) atoms. The molecule has 0 amide bonds. The van der Waals surface area contributed by atoms with Crippen LogP contribution in [0.15, 0.2) is 0 Å². The monoisotopic (exact) mass is 1010 g/mol. The van der Waals surface area contributed by atoms with Gasteiger partial charge in [0.1, 0.15) is 18.3 Å². The Bertz CT molecular complexity index is 1760. The van der Waals surface area contributed by atoms with Gasteiger partial charge in [-0.3, -0.25) is 19.2 Å². The Morgan fingerprint density at radius 1 is 0.542 bits per heavy atom. The molecule has 1 heterocycles. The first kappa shape index (κ1) is 58.6. The summed E-state index contributed by atoms with van der Waals surface area (Å²) in [4.78, 5) is 58.4. The zero-order chi connectivity index (χ0) is 53.0. The summed E-state index contributed by atoms with van der Waals surface area (Å²) in [5, 5.41) is 8.38. The summed E-state index contributed by atoms with van der Waals surface area (Å²) in [7, 11) is 0. The number of carbonyl (C=O) groups is 5. The summed E-state index contributed by atoms with van der Waals surface area (Å²) in [5.41, 5.74) is -1.76. The van der Waals surface area contributed by atoms with Crippen molar-refractivity contribution >= 4 is 29.8 Å². The molecule has 0 spiro atoms. The van der Waals surface area contributed by atoms with Crippen molar-refractivity contribution in [1.29, 1.82) is 0 Å². The number of fused-ring (bicyclic) bond motifs is 5. The molecular formula is C61H102O11. The standard InChI is InChI=1S/C17H28O2.C16H26O2.C10H16O4.C10H16.C8H16O3/c1-5-16(2,3)15(18)19-17(4)13-7-11-6-12(9-13)10-14(17)8-11;1-4-16(2,3)15(17)18-14-9-10-8-13(14)12-7-5-6-11(10)12;1-4-10(2,3)9(12)14-7-5-6-13-8(7)11;1-7-2-9-4-8(1)5-10(3-7)6-9;1-4-8(2,3)7(10)11-6-5-9/h11-14H,5-10H2,1-4H3;10-14H,4-9H2,1-3H3;7H,4-6H2,1-3H3;7-10H,1-6H2;9H,4-6H2,1-3H3. The van der Waals surface area contributed by atoms with Crippen molar-refractivity contribution in [3.63, 3.8) is 0 Å². The van der Waals surface area contributed by atoms with Gasteiger partial charge in [-0.2, -0.15) is 0 Å². The van der Waals surface area contributed by atoms with Gasteiger partial charge in [0.2, 0.25) is 6.10 Å². The third-order valence-corrected chi connectivity index (χ3v) is 20.9. The zero-order valence-electron chi connectivity index (χ0n) is 47.6. The largest absolute Gasteiger partial charge is 0.463 e. The summed E-state index contributed by atoms with van der Waals surface area (Å²) >= 11 is 0. The van der Waals surface area contributed by atoms with Gasteiger partial charge >= 0.3 is 29.8 Å². The average Bonchev–Trinajstić information content (AvgIpc) is 4.15. The van der Waals surface area contributed by atoms with E-state index in [1.54, 1.807) is 52.4 Å². The van der Waals surface area contributed by atoms with Crippen LogP contribution in [-0.2, 0) is 47.7 Å². The lowest BCUT2D eigenvalue weighted by molar-refractivity contribution is -0.211. The number of hydrogen-bond donors (Lipinski definition) is 1. The first-order valence-corrected chi connectivity index (χ1v) is 29.4. The zero-order valence-corrected chi connectivity index (χ0v) is 47.6. The molecule has 412 valence electrons. The molecule has 11 aliphatic carbocycles. The molecular weight excluding hydrogens is 909 g/mol. The maximum absolute atomic E-state index is 12.5. The SMILES string of the molecule is C1C2CC3CC1CC(C2)C3.CCC(C)(C)C(=O)OC1(C)C2CC3CC(C2)CC1C3.CCC(C)(C)C(=O)OC1CC2CC1C1CCCC21.CCC(C)(C)C(=O)OC1CCOC1=O.CCC(C)(C)C(=O)OCCO. The lowest BCUT2D eigenvalue weighted by atomic mass is 9.50. The quantitative estimate of drug-likeness (QED) is 0.139. The van der Waals surface area contributed by atoms with Crippen LogP contribution in [0, 0.1) is 92.7 Å². The molecule has 0 aromatic heterocycles. The van der Waals surface area contributed by atoms with Crippen molar-refractivity contribution < 1.29 is 52.8 Å². The highest BCUT2D eigenvalue weighted by Gasteiger charge is 2.58. The van der Waals surface area contributed by atoms with E-state index >= 15 is 0 Å². The molecule has 1 N–H and O–H groups in total. The van der Waals surface area contributed by atoms with Gasteiger partial charge in [0, 0.05) is 6.42 Å². The lowest BCUT2D eigenvalue weighted by Crippen LogP contribution is -2.58. The van der Waals surface area contributed by atoms with Gasteiger partial charge in [-0.15, -0.1) is 0 Å². The molecule has 0 radical (unpaired) electrons. The minimum absolute atomic E-state index is 0.0185. The predicted octanol–water partition coefficient (Wildman–Crippen LogP) is 13.0. The third kappa shape index (κ3) is 13.8. The van der Waals surface area contributed by atoms with Gasteiger partial charge in [-0.25, -0.2) is 4.79 Å². The molecule has 1 aliphatic heterocycles. The topological polar surface area (TPSA) is 152 Å². The van der Waals surface area contributed by atoms with Crippen molar-refractivity contribution in [2.24, 2.45) is 92.7 Å². The van der Waals surface area contributed by atoms with E-state index < -0.39 is 22.9 Å². The van der Waals surface area contributed by atoms with E-state index in [0.717, 1.165) is 55.3 Å². The summed E-state index contributed by atoms with van der Waals surface area (Å²) in [6, 6.07) is 0. The highest BCUT2D eigenvalue weighted by Crippen LogP contribution is 2.61. The Hall–Kier alpha value is -2.69. The summed E-state index contributed by atoms with van der Waals surface area (Å²) < 4.78 is 26.5. The van der Waals surface area contributed by atoms with Gasteiger partial charge in [0.15, 0.2) is 0 Å². The minimum Gasteiger partial charge on any atom is -0.463 e. The Morgan fingerprint density at radius 2 is 0.958 bits per heavy atom. The number of cyclic esters (lactones) is 1. The molecule has 12 aliphatic rings. The second-order valence-electron chi connectivity index (χ2n) is 27.5. The Morgan fingerprint density at radius 3 is 1.39 bits per heavy atom. The molecule has 6 atom stereocenters. The van der Waals surface area contributed by atoms with E-state index in [0.29, 0.717) is 37.2 Å². The lowest BCUT2D eigenvalue weighted by Gasteiger charge is -2.59. The molecule has 6 unspecified atom stereocenters. The smallest absolute Gasteiger partial charge is 0.347 e. The van der Waals surface area contributed by atoms with Crippen LogP contribution >= 0.6 is 0 Å². The number of aliphatic hydroxyl groups excluding tert-OH is 1. The van der Waals surface area contributed by atoms with E-state index in [1.807, 2.05) is 55.4 Å². The normalized spacial score (nSPS) is 36.2. The van der Waals surface area contributed by atoms with E-state index in [1.165, 1.54) is 81.5 Å². The van der Waals surface area contributed by atoms with Crippen molar-refractivity contribution in [2.75, 3.05) is 19.8 Å². The van der Waals surface area contributed by atoms with Gasteiger partial charge in [-0.05, 0) is 255 Å². The minimum atomic E-state index is -0.687. The van der Waals surface area contributed by atoms with Crippen molar-refractivity contribution in [3.8, 4) is 0 Å². The maximum atomic E-state index is 12.5. The highest BCUT2D eigenvalue weighted by atomic mass is 16.6. The van der Waals surface area contributed by atoms with Gasteiger partial charge < -0.3 is 28.8 Å². The number of rotatable bonds is 13. The van der Waals surface area contributed by atoms with Crippen LogP contribution in [-0.4, -0.2) is 72.6 Å². The summed E-state index contributed by atoms with van der Waals surface area (Å²) in [6.07, 6.45) is 26.1. The van der Waals surface area contributed by atoms with Gasteiger partial charge in [0.05, 0.1) is 34.9 Å². The molecule has 1 saturated heterocycles. The van der Waals surface area contributed by atoms with E-state index in [2.05, 4.69) is 20.8 Å². The van der Waals surface area contributed by atoms with Crippen LogP contribution in [0.25, 0.3) is 0 Å². The first-order chi connectivity index (χ1) is 33.8. The number of esters is 5.